The van der Waals surface area contributed by atoms with Crippen LogP contribution in [0.2, 0.25) is 0 Å². The Labute approximate surface area is 147 Å². The Balaban J connectivity index is 2.65. The first kappa shape index (κ1) is 20.5. The largest absolute Gasteiger partial charge is 0.494 e. The maximum atomic E-state index is 12.2. The number of primary amides is 1. The van der Waals surface area contributed by atoms with E-state index in [1.807, 2.05) is 5.32 Å². The van der Waals surface area contributed by atoms with Gasteiger partial charge < -0.3 is 15.2 Å². The quantitative estimate of drug-likeness (QED) is 0.526. The monoisotopic (exact) mass is 350 g/mol. The molecule has 0 fully saturated rings. The second kappa shape index (κ2) is 10.3. The van der Waals surface area contributed by atoms with E-state index in [-0.39, 0.29) is 5.92 Å². The van der Waals surface area contributed by atoms with Gasteiger partial charge in [-0.25, -0.2) is 9.59 Å². The number of amides is 3. The van der Waals surface area contributed by atoms with Crippen molar-refractivity contribution >= 4 is 17.9 Å². The molecular formula is C18H26N2O5. The van der Waals surface area contributed by atoms with Crippen LogP contribution in [0.5, 0.6) is 5.75 Å². The first-order chi connectivity index (χ1) is 11.8. The highest BCUT2D eigenvalue weighted by Crippen LogP contribution is 2.16. The lowest BCUT2D eigenvalue weighted by Gasteiger charge is -2.19. The Hall–Kier alpha value is -2.57. The average molecular weight is 350 g/mol. The number of carbonyl (C=O) groups is 3. The maximum Gasteiger partial charge on any atom is 0.338 e. The molecule has 1 atom stereocenters. The molecule has 0 bridgehead atoms. The molecule has 0 spiro atoms. The molecule has 3 amide bonds. The predicted molar refractivity (Wildman–Crippen MR) is 93.2 cm³/mol. The molecule has 0 aromatic heterocycles. The van der Waals surface area contributed by atoms with Gasteiger partial charge in [-0.1, -0.05) is 33.6 Å². The van der Waals surface area contributed by atoms with Crippen LogP contribution in [0.4, 0.5) is 4.79 Å². The summed E-state index contributed by atoms with van der Waals surface area (Å²) in [5.74, 6) is -1.05. The van der Waals surface area contributed by atoms with Crippen molar-refractivity contribution in [3.05, 3.63) is 29.8 Å². The van der Waals surface area contributed by atoms with E-state index in [9.17, 15) is 14.4 Å². The highest BCUT2D eigenvalue weighted by Gasteiger charge is 2.27. The molecule has 0 radical (unpaired) electrons. The lowest BCUT2D eigenvalue weighted by Crippen LogP contribution is -2.45. The summed E-state index contributed by atoms with van der Waals surface area (Å²) in [5, 5.41) is 1.93. The lowest BCUT2D eigenvalue weighted by molar-refractivity contribution is -0.130. The first-order valence-corrected chi connectivity index (χ1v) is 8.39. The molecule has 1 aromatic carbocycles. The second-order valence-corrected chi connectivity index (χ2v) is 6.00. The van der Waals surface area contributed by atoms with Gasteiger partial charge in [0.15, 0.2) is 6.10 Å². The number of hydrogen-bond donors (Lipinski definition) is 2. The highest BCUT2D eigenvalue weighted by atomic mass is 16.5. The van der Waals surface area contributed by atoms with Crippen LogP contribution in [0.1, 0.15) is 50.4 Å². The standard InChI is InChI=1S/C18H26N2O5/c1-4-5-6-11-24-14-9-7-13(8-10-14)17(22)25-15(12(2)3)16(21)20-18(19)23/h7-10,12,15H,4-6,11H2,1-3H3,(H3,19,20,21,23)/t15-/m1/s1. The van der Waals surface area contributed by atoms with E-state index < -0.39 is 24.0 Å². The van der Waals surface area contributed by atoms with E-state index in [2.05, 4.69) is 6.92 Å². The molecule has 7 nitrogen and oxygen atoms in total. The zero-order valence-corrected chi connectivity index (χ0v) is 14.9. The third-order valence-corrected chi connectivity index (χ3v) is 3.45. The van der Waals surface area contributed by atoms with Crippen LogP contribution in [0, 0.1) is 5.92 Å². The van der Waals surface area contributed by atoms with E-state index in [1.165, 1.54) is 0 Å². The van der Waals surface area contributed by atoms with Crippen LogP contribution >= 0.6 is 0 Å². The van der Waals surface area contributed by atoms with E-state index in [0.29, 0.717) is 17.9 Å². The summed E-state index contributed by atoms with van der Waals surface area (Å²) in [6.07, 6.45) is 2.10. The fourth-order valence-electron chi connectivity index (χ4n) is 2.10. The minimum atomic E-state index is -1.11. The molecule has 138 valence electrons. The van der Waals surface area contributed by atoms with Crippen molar-refractivity contribution in [3.8, 4) is 5.75 Å². The molecule has 0 unspecified atom stereocenters. The summed E-state index contributed by atoms with van der Waals surface area (Å²) in [6, 6.07) is 5.51. The fourth-order valence-corrected chi connectivity index (χ4v) is 2.10. The minimum Gasteiger partial charge on any atom is -0.494 e. The number of hydrogen-bond acceptors (Lipinski definition) is 5. The van der Waals surface area contributed by atoms with Gasteiger partial charge in [0.25, 0.3) is 5.91 Å². The zero-order valence-electron chi connectivity index (χ0n) is 14.9. The number of rotatable bonds is 9. The third-order valence-electron chi connectivity index (χ3n) is 3.45. The fraction of sp³-hybridized carbons (Fsp3) is 0.500. The number of nitrogens with one attached hydrogen (secondary N) is 1. The normalized spacial score (nSPS) is 11.7. The van der Waals surface area contributed by atoms with Crippen LogP contribution in [-0.4, -0.2) is 30.6 Å². The van der Waals surface area contributed by atoms with Gasteiger partial charge >= 0.3 is 12.0 Å². The van der Waals surface area contributed by atoms with E-state index >= 15 is 0 Å². The summed E-state index contributed by atoms with van der Waals surface area (Å²) in [6.45, 7) is 6.15. The van der Waals surface area contributed by atoms with E-state index in [4.69, 9.17) is 15.2 Å². The summed E-state index contributed by atoms with van der Waals surface area (Å²) < 4.78 is 10.8. The molecule has 7 heteroatoms. The second-order valence-electron chi connectivity index (χ2n) is 6.00. The molecule has 0 saturated heterocycles. The topological polar surface area (TPSA) is 108 Å². The number of esters is 1. The van der Waals surface area contributed by atoms with E-state index in [1.54, 1.807) is 38.1 Å². The van der Waals surface area contributed by atoms with Crippen LogP contribution in [0.25, 0.3) is 0 Å². The molecule has 3 N–H and O–H groups in total. The number of ether oxygens (including phenoxy) is 2. The van der Waals surface area contributed by atoms with Gasteiger partial charge in [-0.3, -0.25) is 10.1 Å². The number of benzene rings is 1. The maximum absolute atomic E-state index is 12.2. The number of urea groups is 1. The van der Waals surface area contributed by atoms with Crippen molar-refractivity contribution in [1.82, 2.24) is 5.32 Å². The van der Waals surface area contributed by atoms with Crippen LogP contribution in [0.15, 0.2) is 24.3 Å². The first-order valence-electron chi connectivity index (χ1n) is 8.39. The van der Waals surface area contributed by atoms with Gasteiger partial charge in [0.05, 0.1) is 12.2 Å². The van der Waals surface area contributed by atoms with Gasteiger partial charge in [-0.2, -0.15) is 0 Å². The molecule has 1 rings (SSSR count). The highest BCUT2D eigenvalue weighted by molar-refractivity contribution is 5.98. The smallest absolute Gasteiger partial charge is 0.338 e. The predicted octanol–water partition coefficient (Wildman–Crippen LogP) is 2.63. The number of carbonyl (C=O) groups excluding carboxylic acids is 3. The van der Waals surface area contributed by atoms with Gasteiger partial charge in [0.2, 0.25) is 0 Å². The zero-order chi connectivity index (χ0) is 18.8. The SMILES string of the molecule is CCCCCOc1ccc(C(=O)O[C@@H](C(=O)NC(N)=O)C(C)C)cc1. The van der Waals surface area contributed by atoms with Crippen LogP contribution in [0.3, 0.4) is 0 Å². The Morgan fingerprint density at radius 1 is 1.12 bits per heavy atom. The van der Waals surface area contributed by atoms with Gasteiger partial charge in [0, 0.05) is 0 Å². The number of nitrogens with two attached hydrogens (primary N) is 1. The Bertz CT molecular complexity index is 584. The van der Waals surface area contributed by atoms with Crippen molar-refractivity contribution in [3.63, 3.8) is 0 Å². The average Bonchev–Trinajstić information content (AvgIpc) is 2.56. The van der Waals surface area contributed by atoms with Crippen molar-refractivity contribution in [1.29, 1.82) is 0 Å². The lowest BCUT2D eigenvalue weighted by atomic mass is 10.1. The molecule has 0 aliphatic rings. The Morgan fingerprint density at radius 3 is 2.28 bits per heavy atom. The van der Waals surface area contributed by atoms with Gasteiger partial charge in [-0.05, 0) is 36.6 Å². The van der Waals surface area contributed by atoms with Crippen molar-refractivity contribution in [2.24, 2.45) is 11.7 Å². The Kier molecular flexibility index (Phi) is 8.46. The van der Waals surface area contributed by atoms with Crippen LogP contribution < -0.4 is 15.8 Å². The number of imide groups is 1. The summed E-state index contributed by atoms with van der Waals surface area (Å²) in [4.78, 5) is 34.9. The molecule has 0 aliphatic heterocycles. The third kappa shape index (κ3) is 7.24. The molecule has 0 aliphatic carbocycles. The van der Waals surface area contributed by atoms with Crippen molar-refractivity contribution in [2.45, 2.75) is 46.1 Å². The van der Waals surface area contributed by atoms with Gasteiger partial charge in [-0.15, -0.1) is 0 Å². The van der Waals surface area contributed by atoms with Crippen LogP contribution in [-0.2, 0) is 9.53 Å². The summed E-state index contributed by atoms with van der Waals surface area (Å²) in [5.41, 5.74) is 5.21. The number of unbranched alkanes of at least 4 members (excludes halogenated alkanes) is 2. The molecular weight excluding hydrogens is 324 g/mol. The summed E-state index contributed by atoms with van der Waals surface area (Å²) in [7, 11) is 0. The molecule has 0 heterocycles. The van der Waals surface area contributed by atoms with Gasteiger partial charge in [0.1, 0.15) is 5.75 Å². The summed E-state index contributed by atoms with van der Waals surface area (Å²) >= 11 is 0. The molecule has 0 saturated carbocycles. The molecule has 25 heavy (non-hydrogen) atoms. The molecule has 1 aromatic rings. The van der Waals surface area contributed by atoms with E-state index in [0.717, 1.165) is 19.3 Å². The van der Waals surface area contributed by atoms with Crippen molar-refractivity contribution < 1.29 is 23.9 Å². The minimum absolute atomic E-state index is 0.290. The Morgan fingerprint density at radius 2 is 1.76 bits per heavy atom. The van der Waals surface area contributed by atoms with Crippen molar-refractivity contribution in [2.75, 3.05) is 6.61 Å².